The number of methoxy groups -OCH3 is 1. The first kappa shape index (κ1) is 15.8. The molecule has 1 aromatic heterocycles. The number of thiophene rings is 1. The Hall–Kier alpha value is -3.07. The van der Waals surface area contributed by atoms with Crippen molar-refractivity contribution in [2.45, 2.75) is 0 Å². The molecule has 0 aliphatic carbocycles. The molecule has 1 aliphatic heterocycles. The molecule has 0 saturated heterocycles. The summed E-state index contributed by atoms with van der Waals surface area (Å²) in [7, 11) is 1.15. The Morgan fingerprint density at radius 3 is 2.71 bits per heavy atom. The number of imide groups is 1. The maximum atomic E-state index is 12.3. The van der Waals surface area contributed by atoms with Crippen molar-refractivity contribution < 1.29 is 28.6 Å². The number of hydrogen-bond donors (Lipinski definition) is 2. The van der Waals surface area contributed by atoms with Gasteiger partial charge < -0.3 is 19.5 Å². The average molecular weight is 348 g/mol. The summed E-state index contributed by atoms with van der Waals surface area (Å²) in [5.74, 6) is -0.0229. The van der Waals surface area contributed by atoms with Crippen molar-refractivity contribution in [3.63, 3.8) is 0 Å². The molecule has 0 saturated carbocycles. The monoisotopic (exact) mass is 348 g/mol. The van der Waals surface area contributed by atoms with Crippen molar-refractivity contribution in [2.24, 2.45) is 0 Å². The quantitative estimate of drug-likeness (QED) is 0.882. The van der Waals surface area contributed by atoms with Gasteiger partial charge in [0, 0.05) is 5.56 Å². The molecular weight excluding hydrogens is 336 g/mol. The van der Waals surface area contributed by atoms with Crippen molar-refractivity contribution in [1.82, 2.24) is 5.32 Å². The first-order valence-corrected chi connectivity index (χ1v) is 7.64. The van der Waals surface area contributed by atoms with Crippen LogP contribution in [-0.2, 0) is 4.74 Å². The first-order chi connectivity index (χ1) is 11.6. The van der Waals surface area contributed by atoms with E-state index < -0.39 is 17.9 Å². The minimum Gasteiger partial charge on any atom is -0.454 e. The number of fused-ring (bicyclic) bond motifs is 1. The van der Waals surface area contributed by atoms with Crippen LogP contribution in [0.4, 0.5) is 9.80 Å². The normalized spacial score (nSPS) is 11.7. The van der Waals surface area contributed by atoms with Gasteiger partial charge in [0.15, 0.2) is 11.5 Å². The molecule has 3 rings (SSSR count). The van der Waals surface area contributed by atoms with Crippen LogP contribution in [0.3, 0.4) is 0 Å². The number of nitrogens with one attached hydrogen (secondary N) is 2. The van der Waals surface area contributed by atoms with E-state index >= 15 is 0 Å². The van der Waals surface area contributed by atoms with E-state index in [4.69, 9.17) is 9.47 Å². The van der Waals surface area contributed by atoms with E-state index in [0.717, 1.165) is 18.4 Å². The summed E-state index contributed by atoms with van der Waals surface area (Å²) in [4.78, 5) is 35.4. The van der Waals surface area contributed by atoms with Crippen LogP contribution in [0.5, 0.6) is 11.5 Å². The van der Waals surface area contributed by atoms with Gasteiger partial charge in [-0.1, -0.05) is 0 Å². The highest BCUT2D eigenvalue weighted by molar-refractivity contribution is 7.14. The summed E-state index contributed by atoms with van der Waals surface area (Å²) >= 11 is 1.16. The summed E-state index contributed by atoms with van der Waals surface area (Å²) in [6.07, 6.45) is -0.876. The molecule has 9 heteroatoms. The number of benzene rings is 1. The number of hydrogen-bond acceptors (Lipinski definition) is 7. The molecule has 0 fully saturated rings. The Balaban J connectivity index is 1.75. The van der Waals surface area contributed by atoms with E-state index in [-0.39, 0.29) is 12.4 Å². The second-order valence-corrected chi connectivity index (χ2v) is 5.55. The molecule has 0 unspecified atom stereocenters. The van der Waals surface area contributed by atoms with Crippen molar-refractivity contribution in [1.29, 1.82) is 0 Å². The van der Waals surface area contributed by atoms with Crippen LogP contribution in [0.2, 0.25) is 0 Å². The fourth-order valence-corrected chi connectivity index (χ4v) is 2.79. The number of carbonyl (C=O) groups excluding carboxylic acids is 3. The van der Waals surface area contributed by atoms with Crippen LogP contribution in [0.1, 0.15) is 20.7 Å². The van der Waals surface area contributed by atoms with Gasteiger partial charge in [-0.2, -0.15) is 0 Å². The fraction of sp³-hybridized carbons (Fsp3) is 0.133. The van der Waals surface area contributed by atoms with Crippen LogP contribution >= 0.6 is 11.3 Å². The fourth-order valence-electron chi connectivity index (χ4n) is 2.01. The standard InChI is InChI=1S/C15H12N2O6S/c1-21-15(20)17-13(19)9-4-5-24-14(9)16-12(18)8-2-3-10-11(6-8)23-7-22-10/h2-6H,7H2,1H3,(H,16,18)(H,17,19,20). The Kier molecular flexibility index (Phi) is 4.34. The highest BCUT2D eigenvalue weighted by Crippen LogP contribution is 2.33. The van der Waals surface area contributed by atoms with Crippen LogP contribution in [-0.4, -0.2) is 31.8 Å². The lowest BCUT2D eigenvalue weighted by atomic mass is 10.2. The third-order valence-electron chi connectivity index (χ3n) is 3.17. The lowest BCUT2D eigenvalue weighted by molar-refractivity contribution is 0.0938. The molecule has 2 N–H and O–H groups in total. The maximum absolute atomic E-state index is 12.3. The molecule has 0 radical (unpaired) electrons. The second-order valence-electron chi connectivity index (χ2n) is 4.63. The lowest BCUT2D eigenvalue weighted by Crippen LogP contribution is -2.30. The van der Waals surface area contributed by atoms with E-state index in [1.54, 1.807) is 23.6 Å². The van der Waals surface area contributed by atoms with Crippen molar-refractivity contribution in [2.75, 3.05) is 19.2 Å². The average Bonchev–Trinajstić information content (AvgIpc) is 3.22. The van der Waals surface area contributed by atoms with Gasteiger partial charge in [-0.15, -0.1) is 11.3 Å². The Morgan fingerprint density at radius 1 is 1.12 bits per heavy atom. The number of carbonyl (C=O) groups is 3. The minimum atomic E-state index is -0.876. The van der Waals surface area contributed by atoms with Gasteiger partial charge >= 0.3 is 6.09 Å². The topological polar surface area (TPSA) is 103 Å². The summed E-state index contributed by atoms with van der Waals surface area (Å²) in [5, 5.41) is 6.62. The predicted octanol–water partition coefficient (Wildman–Crippen LogP) is 2.23. The number of ether oxygens (including phenoxy) is 3. The third-order valence-corrected chi connectivity index (χ3v) is 4.00. The van der Waals surface area contributed by atoms with Crippen molar-refractivity contribution >= 4 is 34.2 Å². The SMILES string of the molecule is COC(=O)NC(=O)c1ccsc1NC(=O)c1ccc2c(c1)OCO2. The van der Waals surface area contributed by atoms with E-state index in [1.165, 1.54) is 6.07 Å². The number of alkyl carbamates (subject to hydrolysis) is 1. The third kappa shape index (κ3) is 3.15. The van der Waals surface area contributed by atoms with E-state index in [0.29, 0.717) is 22.1 Å². The Labute approximate surface area is 140 Å². The molecule has 1 aromatic carbocycles. The van der Waals surface area contributed by atoms with Gasteiger partial charge in [-0.05, 0) is 29.6 Å². The summed E-state index contributed by atoms with van der Waals surface area (Å²) < 4.78 is 14.8. The lowest BCUT2D eigenvalue weighted by Gasteiger charge is -2.07. The number of amides is 3. The molecule has 1 aliphatic rings. The molecular formula is C15H12N2O6S. The largest absolute Gasteiger partial charge is 0.454 e. The predicted molar refractivity (Wildman–Crippen MR) is 84.7 cm³/mol. The van der Waals surface area contributed by atoms with Crippen LogP contribution < -0.4 is 20.1 Å². The first-order valence-electron chi connectivity index (χ1n) is 6.76. The van der Waals surface area contributed by atoms with E-state index in [2.05, 4.69) is 10.1 Å². The zero-order valence-electron chi connectivity index (χ0n) is 12.5. The van der Waals surface area contributed by atoms with Gasteiger partial charge in [-0.25, -0.2) is 4.79 Å². The van der Waals surface area contributed by atoms with Crippen LogP contribution in [0.25, 0.3) is 0 Å². The highest BCUT2D eigenvalue weighted by Gasteiger charge is 2.20. The van der Waals surface area contributed by atoms with Crippen LogP contribution in [0, 0.1) is 0 Å². The maximum Gasteiger partial charge on any atom is 0.413 e. The molecule has 0 atom stereocenters. The summed E-state index contributed by atoms with van der Waals surface area (Å²) in [6, 6.07) is 6.28. The highest BCUT2D eigenvalue weighted by atomic mass is 32.1. The van der Waals surface area contributed by atoms with Gasteiger partial charge in [0.05, 0.1) is 12.7 Å². The number of anilines is 1. The molecule has 3 amide bonds. The molecule has 0 spiro atoms. The molecule has 8 nitrogen and oxygen atoms in total. The zero-order chi connectivity index (χ0) is 17.1. The molecule has 2 aromatic rings. The second kappa shape index (κ2) is 6.59. The van der Waals surface area contributed by atoms with Crippen molar-refractivity contribution in [3.05, 3.63) is 40.8 Å². The molecule has 124 valence electrons. The summed E-state index contributed by atoms with van der Waals surface area (Å²) in [5.41, 5.74) is 0.520. The molecule has 0 bridgehead atoms. The Bertz CT molecular complexity index is 816. The minimum absolute atomic E-state index is 0.114. The van der Waals surface area contributed by atoms with E-state index in [1.807, 2.05) is 5.32 Å². The zero-order valence-corrected chi connectivity index (χ0v) is 13.3. The smallest absolute Gasteiger partial charge is 0.413 e. The van der Waals surface area contributed by atoms with Crippen molar-refractivity contribution in [3.8, 4) is 11.5 Å². The molecule has 2 heterocycles. The summed E-state index contributed by atoms with van der Waals surface area (Å²) in [6.45, 7) is 0.114. The Morgan fingerprint density at radius 2 is 1.92 bits per heavy atom. The number of rotatable bonds is 3. The molecule has 24 heavy (non-hydrogen) atoms. The van der Waals surface area contributed by atoms with Gasteiger partial charge in [0.2, 0.25) is 6.79 Å². The van der Waals surface area contributed by atoms with Gasteiger partial charge in [-0.3, -0.25) is 14.9 Å². The van der Waals surface area contributed by atoms with Gasteiger partial charge in [0.1, 0.15) is 5.00 Å². The van der Waals surface area contributed by atoms with Crippen LogP contribution in [0.15, 0.2) is 29.6 Å². The van der Waals surface area contributed by atoms with E-state index in [9.17, 15) is 14.4 Å². The van der Waals surface area contributed by atoms with Gasteiger partial charge in [0.25, 0.3) is 11.8 Å².